The maximum Gasteiger partial charge on any atom is 0.351 e. The predicted octanol–water partition coefficient (Wildman–Crippen LogP) is 1.47. The summed E-state index contributed by atoms with van der Waals surface area (Å²) in [6.07, 6.45) is 3.92. The molecule has 0 atom stereocenters. The fraction of sp³-hybridized carbons (Fsp3) is 0.667. The first-order valence-electron chi connectivity index (χ1n) is 4.68. The molecule has 0 amide bonds. The minimum Gasteiger partial charge on any atom is -0.280 e. The highest BCUT2D eigenvalue weighted by molar-refractivity contribution is 7.98. The molecule has 4 nitrogen and oxygen atoms in total. The van der Waals surface area contributed by atoms with Gasteiger partial charge in [0.15, 0.2) is 5.16 Å². The number of hydrogen-bond donors (Lipinski definition) is 0. The molecule has 0 bridgehead atoms. The van der Waals surface area contributed by atoms with E-state index in [4.69, 9.17) is 0 Å². The minimum atomic E-state index is -0.185. The van der Waals surface area contributed by atoms with Crippen molar-refractivity contribution in [2.24, 2.45) is 0 Å². The molecule has 0 aliphatic rings. The summed E-state index contributed by atoms with van der Waals surface area (Å²) in [7, 11) is 0. The Morgan fingerprint density at radius 2 is 2.14 bits per heavy atom. The number of hydrogen-bond acceptors (Lipinski definition) is 4. The number of unbranched alkanes of at least 4 members (excludes halogenated alkanes) is 1. The van der Waals surface area contributed by atoms with Crippen LogP contribution in [-0.4, -0.2) is 20.8 Å². The van der Waals surface area contributed by atoms with Crippen molar-refractivity contribution in [2.75, 3.05) is 6.26 Å². The Morgan fingerprint density at radius 3 is 2.64 bits per heavy atom. The predicted molar refractivity (Wildman–Crippen MR) is 57.7 cm³/mol. The largest absolute Gasteiger partial charge is 0.351 e. The Kier molecular flexibility index (Phi) is 4.13. The second-order valence-corrected chi connectivity index (χ2v) is 3.82. The molecular weight excluding hydrogens is 198 g/mol. The van der Waals surface area contributed by atoms with Crippen molar-refractivity contribution < 1.29 is 0 Å². The average Bonchev–Trinajstić information content (AvgIpc) is 2.16. The maximum atomic E-state index is 11.5. The Hall–Kier alpha value is -0.840. The van der Waals surface area contributed by atoms with Crippen molar-refractivity contribution in [3.63, 3.8) is 0 Å². The molecule has 0 saturated carbocycles. The molecule has 1 rings (SSSR count). The Balaban J connectivity index is 3.00. The summed E-state index contributed by atoms with van der Waals surface area (Å²) in [5.41, 5.74) is -0.185. The van der Waals surface area contributed by atoms with Crippen molar-refractivity contribution in [2.45, 2.75) is 38.4 Å². The molecule has 0 aliphatic carbocycles. The summed E-state index contributed by atoms with van der Waals surface area (Å²) < 4.78 is 1.63. The molecule has 14 heavy (non-hydrogen) atoms. The topological polar surface area (TPSA) is 47.8 Å². The van der Waals surface area contributed by atoms with E-state index in [2.05, 4.69) is 16.9 Å². The van der Waals surface area contributed by atoms with Gasteiger partial charge in [-0.05, 0) is 19.6 Å². The van der Waals surface area contributed by atoms with E-state index in [1.165, 1.54) is 11.8 Å². The van der Waals surface area contributed by atoms with Crippen LogP contribution in [0.5, 0.6) is 0 Å². The van der Waals surface area contributed by atoms with Crippen molar-refractivity contribution in [3.8, 4) is 0 Å². The fourth-order valence-electron chi connectivity index (χ4n) is 1.17. The Bertz CT molecular complexity index is 362. The van der Waals surface area contributed by atoms with Gasteiger partial charge in [0.05, 0.1) is 0 Å². The van der Waals surface area contributed by atoms with E-state index in [9.17, 15) is 4.79 Å². The van der Waals surface area contributed by atoms with Crippen molar-refractivity contribution in [1.82, 2.24) is 14.5 Å². The lowest BCUT2D eigenvalue weighted by atomic mass is 10.3. The van der Waals surface area contributed by atoms with Crippen LogP contribution in [0.3, 0.4) is 0 Å². The van der Waals surface area contributed by atoms with Gasteiger partial charge in [0.1, 0.15) is 5.82 Å². The van der Waals surface area contributed by atoms with Gasteiger partial charge in [0, 0.05) is 6.54 Å². The number of aromatic nitrogens is 3. The quantitative estimate of drug-likeness (QED) is 0.711. The molecule has 0 aromatic carbocycles. The third-order valence-electron chi connectivity index (χ3n) is 1.99. The van der Waals surface area contributed by atoms with Crippen molar-refractivity contribution in [1.29, 1.82) is 0 Å². The van der Waals surface area contributed by atoms with E-state index < -0.39 is 0 Å². The molecule has 78 valence electrons. The standard InChI is InChI=1S/C9H15N3OS/c1-4-5-6-12-7(2)10-8(14-3)11-9(12)13/h4-6H2,1-3H3. The summed E-state index contributed by atoms with van der Waals surface area (Å²) >= 11 is 1.39. The van der Waals surface area contributed by atoms with Crippen LogP contribution in [0.2, 0.25) is 0 Å². The number of nitrogens with zero attached hydrogens (tertiary/aromatic N) is 3. The summed E-state index contributed by atoms with van der Waals surface area (Å²) in [5, 5.41) is 0.556. The van der Waals surface area contributed by atoms with E-state index >= 15 is 0 Å². The molecule has 0 N–H and O–H groups in total. The molecule has 0 spiro atoms. The number of thioether (sulfide) groups is 1. The Morgan fingerprint density at radius 1 is 1.43 bits per heavy atom. The van der Waals surface area contributed by atoms with Crippen LogP contribution in [0, 0.1) is 6.92 Å². The maximum absolute atomic E-state index is 11.5. The molecule has 5 heteroatoms. The van der Waals surface area contributed by atoms with Crippen LogP contribution >= 0.6 is 11.8 Å². The molecule has 1 aromatic heterocycles. The van der Waals surface area contributed by atoms with Crippen molar-refractivity contribution >= 4 is 11.8 Å². The van der Waals surface area contributed by atoms with Crippen LogP contribution < -0.4 is 5.69 Å². The highest BCUT2D eigenvalue weighted by Gasteiger charge is 2.04. The van der Waals surface area contributed by atoms with Gasteiger partial charge < -0.3 is 0 Å². The van der Waals surface area contributed by atoms with Gasteiger partial charge in [-0.15, -0.1) is 0 Å². The fourth-order valence-corrected chi connectivity index (χ4v) is 1.56. The second-order valence-electron chi connectivity index (χ2n) is 3.05. The summed E-state index contributed by atoms with van der Waals surface area (Å²) in [5.74, 6) is 0.753. The first-order valence-corrected chi connectivity index (χ1v) is 5.91. The van der Waals surface area contributed by atoms with Crippen LogP contribution in [0.4, 0.5) is 0 Å². The van der Waals surface area contributed by atoms with E-state index in [0.29, 0.717) is 5.16 Å². The lowest BCUT2D eigenvalue weighted by molar-refractivity contribution is 0.553. The van der Waals surface area contributed by atoms with Gasteiger partial charge in [-0.25, -0.2) is 9.78 Å². The highest BCUT2D eigenvalue weighted by atomic mass is 32.2. The van der Waals surface area contributed by atoms with E-state index in [1.54, 1.807) is 4.57 Å². The van der Waals surface area contributed by atoms with Gasteiger partial charge in [0.25, 0.3) is 0 Å². The third kappa shape index (κ3) is 2.57. The van der Waals surface area contributed by atoms with E-state index in [1.807, 2.05) is 13.2 Å². The summed E-state index contributed by atoms with van der Waals surface area (Å²) in [6.45, 7) is 4.66. The second kappa shape index (κ2) is 5.14. The normalized spacial score (nSPS) is 10.5. The average molecular weight is 213 g/mol. The van der Waals surface area contributed by atoms with Gasteiger partial charge in [0.2, 0.25) is 0 Å². The molecule has 0 saturated heterocycles. The molecule has 0 radical (unpaired) electrons. The zero-order chi connectivity index (χ0) is 10.6. The van der Waals surface area contributed by atoms with Gasteiger partial charge >= 0.3 is 5.69 Å². The zero-order valence-corrected chi connectivity index (χ0v) is 9.60. The minimum absolute atomic E-state index is 0.185. The monoisotopic (exact) mass is 213 g/mol. The van der Waals surface area contributed by atoms with Crippen LogP contribution in [0.15, 0.2) is 9.95 Å². The van der Waals surface area contributed by atoms with E-state index in [0.717, 1.165) is 25.2 Å². The summed E-state index contributed by atoms with van der Waals surface area (Å²) in [4.78, 5) is 19.6. The summed E-state index contributed by atoms with van der Waals surface area (Å²) in [6, 6.07) is 0. The highest BCUT2D eigenvalue weighted by Crippen LogP contribution is 2.05. The van der Waals surface area contributed by atoms with Crippen LogP contribution in [-0.2, 0) is 6.54 Å². The molecule has 0 aliphatic heterocycles. The zero-order valence-electron chi connectivity index (χ0n) is 8.78. The molecule has 1 aromatic rings. The number of aryl methyl sites for hydroxylation is 1. The molecule has 0 fully saturated rings. The van der Waals surface area contributed by atoms with Crippen molar-refractivity contribution in [3.05, 3.63) is 16.3 Å². The lowest BCUT2D eigenvalue weighted by Gasteiger charge is -2.07. The Labute approximate surface area is 87.8 Å². The molecule has 1 heterocycles. The van der Waals surface area contributed by atoms with Gasteiger partial charge in [-0.2, -0.15) is 4.98 Å². The lowest BCUT2D eigenvalue weighted by Crippen LogP contribution is -2.26. The van der Waals surface area contributed by atoms with Gasteiger partial charge in [-0.1, -0.05) is 25.1 Å². The van der Waals surface area contributed by atoms with Crippen LogP contribution in [0.25, 0.3) is 0 Å². The smallest absolute Gasteiger partial charge is 0.280 e. The molecule has 0 unspecified atom stereocenters. The SMILES string of the molecule is CCCCn1c(C)nc(SC)nc1=O. The van der Waals surface area contributed by atoms with Gasteiger partial charge in [-0.3, -0.25) is 4.57 Å². The number of rotatable bonds is 4. The third-order valence-corrected chi connectivity index (χ3v) is 2.54. The first kappa shape index (κ1) is 11.2. The van der Waals surface area contributed by atoms with Crippen LogP contribution in [0.1, 0.15) is 25.6 Å². The first-order chi connectivity index (χ1) is 6.69. The molecular formula is C9H15N3OS. The van der Waals surface area contributed by atoms with E-state index in [-0.39, 0.29) is 5.69 Å².